The van der Waals surface area contributed by atoms with Gasteiger partial charge in [-0.15, -0.1) is 0 Å². The Labute approximate surface area is 216 Å². The smallest absolute Gasteiger partial charge is 0.137 e. The molecule has 176 valence electrons. The van der Waals surface area contributed by atoms with Gasteiger partial charge >= 0.3 is 0 Å². The van der Waals surface area contributed by atoms with E-state index < -0.39 is 0 Å². The zero-order valence-electron chi connectivity index (χ0n) is 20.9. The van der Waals surface area contributed by atoms with E-state index in [2.05, 4.69) is 115 Å². The Kier molecular flexibility index (Phi) is 4.93. The van der Waals surface area contributed by atoms with E-state index in [1.165, 1.54) is 54.9 Å². The van der Waals surface area contributed by atoms with Crippen LogP contribution in [-0.4, -0.2) is 9.38 Å². The van der Waals surface area contributed by atoms with Crippen LogP contribution in [0.25, 0.3) is 60.7 Å². The molecule has 2 aromatic heterocycles. The molecule has 0 unspecified atom stereocenters. The van der Waals surface area contributed by atoms with Gasteiger partial charge in [0.2, 0.25) is 0 Å². The van der Waals surface area contributed by atoms with Crippen LogP contribution in [0.5, 0.6) is 0 Å². The van der Waals surface area contributed by atoms with Crippen LogP contribution in [0.1, 0.15) is 11.1 Å². The number of fused-ring (bicyclic) bond motifs is 3. The van der Waals surface area contributed by atoms with Crippen molar-refractivity contribution >= 4 is 27.2 Å². The predicted molar refractivity (Wildman–Crippen MR) is 156 cm³/mol. The highest BCUT2D eigenvalue weighted by Crippen LogP contribution is 2.40. The monoisotopic (exact) mass is 474 g/mol. The minimum Gasteiger partial charge on any atom is -0.306 e. The molecule has 37 heavy (non-hydrogen) atoms. The quantitative estimate of drug-likeness (QED) is 0.249. The SMILES string of the molecule is Cc1ccccc1-c1c(C)cc(-c2ccc3cc(-c4cn5ccccc5n4)ccc3c2)c2ccccc12. The lowest BCUT2D eigenvalue weighted by Gasteiger charge is -2.17. The van der Waals surface area contributed by atoms with Crippen LogP contribution >= 0.6 is 0 Å². The lowest BCUT2D eigenvalue weighted by atomic mass is 9.87. The fourth-order valence-corrected chi connectivity index (χ4v) is 5.61. The third kappa shape index (κ3) is 3.61. The summed E-state index contributed by atoms with van der Waals surface area (Å²) in [6.45, 7) is 4.43. The molecule has 7 aromatic rings. The maximum absolute atomic E-state index is 4.80. The number of hydrogen-bond donors (Lipinski definition) is 0. The molecule has 7 rings (SSSR count). The zero-order chi connectivity index (χ0) is 24.9. The molecule has 2 heteroatoms. The predicted octanol–water partition coefficient (Wildman–Crippen LogP) is 9.26. The maximum atomic E-state index is 4.80. The van der Waals surface area contributed by atoms with E-state index in [1.54, 1.807) is 0 Å². The Bertz CT molecular complexity index is 1930. The second-order valence-electron chi connectivity index (χ2n) is 9.85. The van der Waals surface area contributed by atoms with Gasteiger partial charge in [-0.1, -0.05) is 84.9 Å². The van der Waals surface area contributed by atoms with Crippen molar-refractivity contribution in [1.29, 1.82) is 0 Å². The number of benzene rings is 5. The van der Waals surface area contributed by atoms with E-state index in [1.807, 2.05) is 24.4 Å². The van der Waals surface area contributed by atoms with Gasteiger partial charge in [0.1, 0.15) is 5.65 Å². The molecule has 0 amide bonds. The molecule has 0 N–H and O–H groups in total. The second-order valence-corrected chi connectivity index (χ2v) is 9.85. The average molecular weight is 475 g/mol. The Balaban J connectivity index is 1.36. The summed E-state index contributed by atoms with van der Waals surface area (Å²) in [5.74, 6) is 0. The Morgan fingerprint density at radius 1 is 0.568 bits per heavy atom. The summed E-state index contributed by atoms with van der Waals surface area (Å²) in [7, 11) is 0. The van der Waals surface area contributed by atoms with Crippen molar-refractivity contribution in [2.45, 2.75) is 13.8 Å². The number of hydrogen-bond acceptors (Lipinski definition) is 1. The number of pyridine rings is 1. The molecule has 0 spiro atoms. The summed E-state index contributed by atoms with van der Waals surface area (Å²) in [5.41, 5.74) is 10.8. The van der Waals surface area contributed by atoms with Gasteiger partial charge in [-0.3, -0.25) is 0 Å². The van der Waals surface area contributed by atoms with Crippen molar-refractivity contribution in [2.24, 2.45) is 0 Å². The first-order valence-corrected chi connectivity index (χ1v) is 12.7. The number of aryl methyl sites for hydroxylation is 2. The molecule has 0 aliphatic carbocycles. The minimum atomic E-state index is 0.962. The van der Waals surface area contributed by atoms with Gasteiger partial charge in [0, 0.05) is 18.0 Å². The van der Waals surface area contributed by atoms with Gasteiger partial charge in [0.15, 0.2) is 0 Å². The first-order chi connectivity index (χ1) is 18.2. The van der Waals surface area contributed by atoms with Crippen molar-refractivity contribution in [1.82, 2.24) is 9.38 Å². The zero-order valence-corrected chi connectivity index (χ0v) is 20.9. The van der Waals surface area contributed by atoms with Crippen LogP contribution in [0, 0.1) is 13.8 Å². The fraction of sp³-hybridized carbons (Fsp3) is 0.0571. The third-order valence-electron chi connectivity index (χ3n) is 7.47. The summed E-state index contributed by atoms with van der Waals surface area (Å²) in [6.07, 6.45) is 4.13. The highest BCUT2D eigenvalue weighted by Gasteiger charge is 2.14. The van der Waals surface area contributed by atoms with Crippen LogP contribution in [0.2, 0.25) is 0 Å². The highest BCUT2D eigenvalue weighted by atomic mass is 15.0. The van der Waals surface area contributed by atoms with E-state index >= 15 is 0 Å². The van der Waals surface area contributed by atoms with E-state index in [9.17, 15) is 0 Å². The van der Waals surface area contributed by atoms with Crippen LogP contribution in [0.4, 0.5) is 0 Å². The van der Waals surface area contributed by atoms with E-state index in [0.29, 0.717) is 0 Å². The molecule has 0 saturated carbocycles. The van der Waals surface area contributed by atoms with Crippen LogP contribution in [-0.2, 0) is 0 Å². The molecule has 0 atom stereocenters. The summed E-state index contributed by atoms with van der Waals surface area (Å²) < 4.78 is 2.07. The van der Waals surface area contributed by atoms with E-state index in [0.717, 1.165) is 16.9 Å². The Hall–Kier alpha value is -4.69. The lowest BCUT2D eigenvalue weighted by molar-refractivity contribution is 1.19. The Morgan fingerprint density at radius 2 is 1.27 bits per heavy atom. The minimum absolute atomic E-state index is 0.962. The second kappa shape index (κ2) is 8.46. The molecule has 2 nitrogen and oxygen atoms in total. The van der Waals surface area contributed by atoms with Crippen LogP contribution in [0.15, 0.2) is 122 Å². The first kappa shape index (κ1) is 21.6. The van der Waals surface area contributed by atoms with Crippen LogP contribution in [0.3, 0.4) is 0 Å². The van der Waals surface area contributed by atoms with E-state index in [4.69, 9.17) is 4.98 Å². The van der Waals surface area contributed by atoms with Crippen molar-refractivity contribution < 1.29 is 0 Å². The molecule has 0 saturated heterocycles. The number of imidazole rings is 1. The molecular weight excluding hydrogens is 448 g/mol. The summed E-state index contributed by atoms with van der Waals surface area (Å²) in [4.78, 5) is 4.80. The van der Waals surface area contributed by atoms with Crippen molar-refractivity contribution in [3.63, 3.8) is 0 Å². The van der Waals surface area contributed by atoms with Crippen molar-refractivity contribution in [3.05, 3.63) is 133 Å². The topological polar surface area (TPSA) is 17.3 Å². The fourth-order valence-electron chi connectivity index (χ4n) is 5.61. The van der Waals surface area contributed by atoms with Gasteiger partial charge < -0.3 is 4.40 Å². The largest absolute Gasteiger partial charge is 0.306 e. The third-order valence-corrected chi connectivity index (χ3v) is 7.47. The number of nitrogens with zero attached hydrogens (tertiary/aromatic N) is 2. The molecule has 0 aliphatic rings. The molecule has 0 fully saturated rings. The van der Waals surface area contributed by atoms with Crippen molar-refractivity contribution in [2.75, 3.05) is 0 Å². The molecule has 2 heterocycles. The van der Waals surface area contributed by atoms with Gasteiger partial charge in [-0.2, -0.15) is 0 Å². The number of rotatable bonds is 3. The summed E-state index contributed by atoms with van der Waals surface area (Å²) >= 11 is 0. The first-order valence-electron chi connectivity index (χ1n) is 12.7. The normalized spacial score (nSPS) is 11.5. The average Bonchev–Trinajstić information content (AvgIpc) is 3.37. The van der Waals surface area contributed by atoms with E-state index in [-0.39, 0.29) is 0 Å². The summed E-state index contributed by atoms with van der Waals surface area (Å²) in [6, 6.07) is 39.4. The van der Waals surface area contributed by atoms with Gasteiger partial charge in [-0.05, 0) is 93.0 Å². The molecule has 0 aliphatic heterocycles. The Morgan fingerprint density at radius 3 is 2.08 bits per heavy atom. The van der Waals surface area contributed by atoms with Crippen molar-refractivity contribution in [3.8, 4) is 33.5 Å². The van der Waals surface area contributed by atoms with Gasteiger partial charge in [0.05, 0.1) is 5.69 Å². The summed E-state index contributed by atoms with van der Waals surface area (Å²) in [5, 5.41) is 5.03. The standard InChI is InChI=1S/C35H26N2/c1-23-9-3-4-10-29(23)35-24(2)19-32(30-11-5-6-12-31(30)35)27-16-14-26-21-28(17-15-25(26)20-27)33-22-37-18-8-7-13-34(37)36-33/h3-22H,1-2H3. The highest BCUT2D eigenvalue weighted by molar-refractivity contribution is 6.07. The molecule has 5 aromatic carbocycles. The maximum Gasteiger partial charge on any atom is 0.137 e. The van der Waals surface area contributed by atoms with Crippen LogP contribution < -0.4 is 0 Å². The molecule has 0 bridgehead atoms. The van der Waals surface area contributed by atoms with Gasteiger partial charge in [-0.25, -0.2) is 4.98 Å². The molecular formula is C35H26N2. The lowest BCUT2D eigenvalue weighted by Crippen LogP contribution is -1.92. The molecule has 0 radical (unpaired) electrons. The van der Waals surface area contributed by atoms with Gasteiger partial charge in [0.25, 0.3) is 0 Å². The number of aromatic nitrogens is 2.